The monoisotopic (exact) mass is 127 g/mol. The summed E-state index contributed by atoms with van der Waals surface area (Å²) < 4.78 is 0. The molecule has 2 heteroatoms. The fourth-order valence-corrected chi connectivity index (χ4v) is 0.387. The molecular formula is C7H13NO. The van der Waals surface area contributed by atoms with Crippen molar-refractivity contribution in [1.29, 1.82) is 0 Å². The Morgan fingerprint density at radius 2 is 2.00 bits per heavy atom. The van der Waals surface area contributed by atoms with Gasteiger partial charge in [0.15, 0.2) is 0 Å². The molecule has 0 spiro atoms. The van der Waals surface area contributed by atoms with E-state index in [1.807, 2.05) is 0 Å². The predicted octanol–water partition coefficient (Wildman–Crippen LogP) is 0.109. The second-order valence-electron chi connectivity index (χ2n) is 1.99. The van der Waals surface area contributed by atoms with E-state index in [-0.39, 0.29) is 6.10 Å². The lowest BCUT2D eigenvalue weighted by molar-refractivity contribution is 0.0950. The predicted molar refractivity (Wildman–Crippen MR) is 37.7 cm³/mol. The molecule has 0 atom stereocenters. The van der Waals surface area contributed by atoms with Gasteiger partial charge in [-0.2, -0.15) is 0 Å². The van der Waals surface area contributed by atoms with Gasteiger partial charge in [-0.15, -0.1) is 6.42 Å². The lowest BCUT2D eigenvalue weighted by Gasteiger charge is -2.17. The van der Waals surface area contributed by atoms with Crippen LogP contribution >= 0.6 is 0 Å². The molecule has 0 aliphatic heterocycles. The van der Waals surface area contributed by atoms with Crippen molar-refractivity contribution in [3.63, 3.8) is 0 Å². The van der Waals surface area contributed by atoms with Crippen LogP contribution in [0.4, 0.5) is 0 Å². The van der Waals surface area contributed by atoms with Crippen molar-refractivity contribution in [3.05, 3.63) is 0 Å². The van der Waals surface area contributed by atoms with E-state index in [1.54, 1.807) is 0 Å². The molecule has 0 heterocycles. The van der Waals surface area contributed by atoms with E-state index in [0.29, 0.717) is 6.54 Å². The van der Waals surface area contributed by atoms with E-state index in [0.717, 1.165) is 12.8 Å². The molecule has 0 unspecified atom stereocenters. The molecule has 1 rings (SSSR count). The molecule has 1 aliphatic carbocycles. The van der Waals surface area contributed by atoms with Gasteiger partial charge in [0.1, 0.15) is 0 Å². The molecular weight excluding hydrogens is 114 g/mol. The zero-order valence-electron chi connectivity index (χ0n) is 5.51. The SMILES string of the molecule is C#CCN.OC1CCC1. The maximum atomic E-state index is 8.45. The maximum Gasteiger partial charge on any atom is 0.0548 e. The number of nitrogens with two attached hydrogens (primary N) is 1. The smallest absolute Gasteiger partial charge is 0.0548 e. The highest BCUT2D eigenvalue weighted by molar-refractivity contribution is 4.83. The van der Waals surface area contributed by atoms with Crippen LogP contribution in [0.25, 0.3) is 0 Å². The number of aliphatic hydroxyl groups excluding tert-OH is 1. The Balaban J connectivity index is 0.000000148. The Morgan fingerprint density at radius 3 is 2.00 bits per heavy atom. The highest BCUT2D eigenvalue weighted by Gasteiger charge is 2.11. The average Bonchev–Trinajstić information content (AvgIpc) is 1.84. The summed E-state index contributed by atoms with van der Waals surface area (Å²) in [5.74, 6) is 2.21. The summed E-state index contributed by atoms with van der Waals surface area (Å²) in [6, 6.07) is 0. The number of aliphatic hydroxyl groups is 1. The maximum absolute atomic E-state index is 8.45. The molecule has 52 valence electrons. The first kappa shape index (κ1) is 8.48. The number of terminal acetylenes is 1. The number of rotatable bonds is 0. The van der Waals surface area contributed by atoms with Gasteiger partial charge in [0, 0.05) is 0 Å². The van der Waals surface area contributed by atoms with Crippen LogP contribution in [0, 0.1) is 12.3 Å². The van der Waals surface area contributed by atoms with Gasteiger partial charge in [-0.25, -0.2) is 0 Å². The van der Waals surface area contributed by atoms with Gasteiger partial charge in [-0.3, -0.25) is 0 Å². The first-order valence-electron chi connectivity index (χ1n) is 3.13. The molecule has 0 amide bonds. The quantitative estimate of drug-likeness (QED) is 0.454. The van der Waals surface area contributed by atoms with Gasteiger partial charge in [0.05, 0.1) is 12.6 Å². The van der Waals surface area contributed by atoms with Crippen LogP contribution < -0.4 is 5.73 Å². The summed E-state index contributed by atoms with van der Waals surface area (Å²) in [6.07, 6.45) is 8.04. The Labute approximate surface area is 56.1 Å². The summed E-state index contributed by atoms with van der Waals surface area (Å²) in [6.45, 7) is 0.347. The minimum atomic E-state index is 0.0648. The van der Waals surface area contributed by atoms with Crippen LogP contribution in [-0.4, -0.2) is 17.8 Å². The van der Waals surface area contributed by atoms with Crippen LogP contribution in [0.5, 0.6) is 0 Å². The van der Waals surface area contributed by atoms with Gasteiger partial charge in [-0.1, -0.05) is 5.92 Å². The summed E-state index contributed by atoms with van der Waals surface area (Å²) in [4.78, 5) is 0. The molecule has 9 heavy (non-hydrogen) atoms. The molecule has 1 saturated carbocycles. The van der Waals surface area contributed by atoms with Crippen molar-refractivity contribution in [2.24, 2.45) is 5.73 Å². The summed E-state index contributed by atoms with van der Waals surface area (Å²) in [7, 11) is 0. The van der Waals surface area contributed by atoms with Crippen LogP contribution in [0.15, 0.2) is 0 Å². The molecule has 3 N–H and O–H groups in total. The highest BCUT2D eigenvalue weighted by Crippen LogP contribution is 2.16. The van der Waals surface area contributed by atoms with Gasteiger partial charge in [0.25, 0.3) is 0 Å². The van der Waals surface area contributed by atoms with E-state index in [2.05, 4.69) is 12.3 Å². The lowest BCUT2D eigenvalue weighted by atomic mass is 9.97. The van der Waals surface area contributed by atoms with E-state index in [1.165, 1.54) is 6.42 Å². The van der Waals surface area contributed by atoms with Crippen molar-refractivity contribution < 1.29 is 5.11 Å². The first-order chi connectivity index (χ1) is 4.31. The van der Waals surface area contributed by atoms with Gasteiger partial charge < -0.3 is 10.8 Å². The van der Waals surface area contributed by atoms with E-state index < -0.39 is 0 Å². The third-order valence-corrected chi connectivity index (χ3v) is 1.19. The van der Waals surface area contributed by atoms with Gasteiger partial charge >= 0.3 is 0 Å². The summed E-state index contributed by atoms with van der Waals surface area (Å²) >= 11 is 0. The van der Waals surface area contributed by atoms with Crippen LogP contribution in [0.1, 0.15) is 19.3 Å². The molecule has 0 bridgehead atoms. The minimum absolute atomic E-state index is 0.0648. The fourth-order valence-electron chi connectivity index (χ4n) is 0.387. The van der Waals surface area contributed by atoms with Crippen molar-refractivity contribution in [1.82, 2.24) is 0 Å². The Kier molecular flexibility index (Phi) is 5.29. The average molecular weight is 127 g/mol. The standard InChI is InChI=1S/C4H8O.C3H5N/c5-4-2-1-3-4;1-2-3-4/h4-5H,1-3H2;1H,3-4H2. The van der Waals surface area contributed by atoms with Crippen molar-refractivity contribution in [3.8, 4) is 12.3 Å². The van der Waals surface area contributed by atoms with Gasteiger partial charge in [-0.05, 0) is 19.3 Å². The van der Waals surface area contributed by atoms with E-state index in [9.17, 15) is 0 Å². The minimum Gasteiger partial charge on any atom is -0.393 e. The third kappa shape index (κ3) is 5.35. The van der Waals surface area contributed by atoms with Crippen molar-refractivity contribution in [2.75, 3.05) is 6.54 Å². The summed E-state index contributed by atoms with van der Waals surface area (Å²) in [5, 5.41) is 8.45. The Bertz CT molecular complexity index is 91.6. The molecule has 1 aliphatic rings. The topological polar surface area (TPSA) is 46.2 Å². The number of hydrogen-bond acceptors (Lipinski definition) is 2. The van der Waals surface area contributed by atoms with Crippen LogP contribution in [-0.2, 0) is 0 Å². The molecule has 0 aromatic carbocycles. The van der Waals surface area contributed by atoms with Crippen molar-refractivity contribution in [2.45, 2.75) is 25.4 Å². The molecule has 2 nitrogen and oxygen atoms in total. The largest absolute Gasteiger partial charge is 0.393 e. The Morgan fingerprint density at radius 1 is 1.67 bits per heavy atom. The van der Waals surface area contributed by atoms with Gasteiger partial charge in [0.2, 0.25) is 0 Å². The third-order valence-electron chi connectivity index (χ3n) is 1.19. The molecule has 0 aromatic heterocycles. The highest BCUT2D eigenvalue weighted by atomic mass is 16.3. The first-order valence-corrected chi connectivity index (χ1v) is 3.13. The van der Waals surface area contributed by atoms with Crippen molar-refractivity contribution >= 4 is 0 Å². The zero-order chi connectivity index (χ0) is 7.11. The molecule has 1 fully saturated rings. The van der Waals surface area contributed by atoms with Crippen LogP contribution in [0.3, 0.4) is 0 Å². The lowest BCUT2D eigenvalue weighted by Crippen LogP contribution is -2.15. The second kappa shape index (κ2) is 5.61. The van der Waals surface area contributed by atoms with E-state index in [4.69, 9.17) is 10.8 Å². The molecule has 0 radical (unpaired) electrons. The van der Waals surface area contributed by atoms with Crippen LogP contribution in [0.2, 0.25) is 0 Å². The molecule has 0 aromatic rings. The fraction of sp³-hybridized carbons (Fsp3) is 0.714. The number of hydrogen-bond donors (Lipinski definition) is 2. The molecule has 0 saturated heterocycles. The normalized spacial score (nSPS) is 16.6. The Hall–Kier alpha value is -0.520. The van der Waals surface area contributed by atoms with E-state index >= 15 is 0 Å². The zero-order valence-corrected chi connectivity index (χ0v) is 5.51. The second-order valence-corrected chi connectivity index (χ2v) is 1.99. The summed E-state index contributed by atoms with van der Waals surface area (Å²) in [5.41, 5.74) is 4.79.